The van der Waals surface area contributed by atoms with Crippen molar-refractivity contribution in [2.24, 2.45) is 0 Å². The quantitative estimate of drug-likeness (QED) is 0.906. The maximum atomic E-state index is 12.9. The maximum absolute atomic E-state index is 12.9. The van der Waals surface area contributed by atoms with Crippen LogP contribution in [0.5, 0.6) is 5.75 Å². The van der Waals surface area contributed by atoms with Gasteiger partial charge in [0.1, 0.15) is 29.7 Å². The molecule has 2 N–H and O–H groups in total. The Hall–Kier alpha value is -2.04. The van der Waals surface area contributed by atoms with Crippen LogP contribution in [0.4, 0.5) is 10.2 Å². The molecular weight excluding hydrogens is 233 g/mol. The van der Waals surface area contributed by atoms with Crippen molar-refractivity contribution < 1.29 is 9.13 Å². The molecule has 0 fully saturated rings. The molecule has 0 bridgehead atoms. The summed E-state index contributed by atoms with van der Waals surface area (Å²) in [4.78, 5) is 0. The molecule has 1 aromatic carbocycles. The fourth-order valence-electron chi connectivity index (χ4n) is 1.66. The predicted octanol–water partition coefficient (Wildman–Crippen LogP) is 2.76. The van der Waals surface area contributed by atoms with E-state index in [1.807, 2.05) is 13.8 Å². The van der Waals surface area contributed by atoms with Gasteiger partial charge in [0.25, 0.3) is 0 Å². The van der Waals surface area contributed by atoms with E-state index in [-0.39, 0.29) is 18.5 Å². The van der Waals surface area contributed by atoms with Crippen molar-refractivity contribution in [1.29, 1.82) is 0 Å². The number of nitrogens with two attached hydrogens (primary N) is 1. The summed E-state index contributed by atoms with van der Waals surface area (Å²) in [5.74, 6) is 0.759. The van der Waals surface area contributed by atoms with E-state index in [1.165, 1.54) is 12.1 Å². The fraction of sp³-hybridized carbons (Fsp3) is 0.308. The summed E-state index contributed by atoms with van der Waals surface area (Å²) in [5, 5.41) is 4.32. The molecule has 5 heteroatoms. The number of hydrogen-bond donors (Lipinski definition) is 1. The van der Waals surface area contributed by atoms with E-state index >= 15 is 0 Å². The van der Waals surface area contributed by atoms with E-state index < -0.39 is 0 Å². The molecule has 18 heavy (non-hydrogen) atoms. The Bertz CT molecular complexity index is 537. The van der Waals surface area contributed by atoms with E-state index in [1.54, 1.807) is 22.9 Å². The number of ether oxygens (including phenoxy) is 1. The van der Waals surface area contributed by atoms with Gasteiger partial charge in [0.15, 0.2) is 0 Å². The highest BCUT2D eigenvalue weighted by Crippen LogP contribution is 2.16. The second-order valence-electron chi connectivity index (χ2n) is 4.34. The largest absolute Gasteiger partial charge is 0.487 e. The van der Waals surface area contributed by atoms with Gasteiger partial charge in [0.05, 0.1) is 0 Å². The van der Waals surface area contributed by atoms with Crippen molar-refractivity contribution in [3.05, 3.63) is 41.8 Å². The average Bonchev–Trinajstić information content (AvgIpc) is 2.68. The highest BCUT2D eigenvalue weighted by molar-refractivity contribution is 5.31. The third-order valence-electron chi connectivity index (χ3n) is 2.49. The van der Waals surface area contributed by atoms with Gasteiger partial charge in [-0.1, -0.05) is 6.07 Å². The van der Waals surface area contributed by atoms with Gasteiger partial charge in [0, 0.05) is 18.2 Å². The lowest BCUT2D eigenvalue weighted by Crippen LogP contribution is -2.07. The SMILES string of the molecule is CC(C)n1nc(COc2cccc(F)c2)cc1N. The van der Waals surface area contributed by atoms with Crippen LogP contribution in [0, 0.1) is 5.82 Å². The Morgan fingerprint density at radius 3 is 2.78 bits per heavy atom. The van der Waals surface area contributed by atoms with Gasteiger partial charge in [0.2, 0.25) is 0 Å². The van der Waals surface area contributed by atoms with E-state index in [0.717, 1.165) is 5.69 Å². The third kappa shape index (κ3) is 2.80. The van der Waals surface area contributed by atoms with Crippen LogP contribution in [0.25, 0.3) is 0 Å². The van der Waals surface area contributed by atoms with E-state index in [9.17, 15) is 4.39 Å². The van der Waals surface area contributed by atoms with Gasteiger partial charge in [-0.3, -0.25) is 0 Å². The molecule has 0 aliphatic carbocycles. The highest BCUT2D eigenvalue weighted by atomic mass is 19.1. The fourth-order valence-corrected chi connectivity index (χ4v) is 1.66. The molecule has 0 spiro atoms. The summed E-state index contributed by atoms with van der Waals surface area (Å²) in [6, 6.07) is 7.98. The third-order valence-corrected chi connectivity index (χ3v) is 2.49. The normalized spacial score (nSPS) is 10.9. The first kappa shape index (κ1) is 12.4. The van der Waals surface area contributed by atoms with Crippen LogP contribution >= 0.6 is 0 Å². The smallest absolute Gasteiger partial charge is 0.132 e. The van der Waals surface area contributed by atoms with Crippen LogP contribution in [-0.4, -0.2) is 9.78 Å². The molecular formula is C13H16FN3O. The molecule has 0 amide bonds. The van der Waals surface area contributed by atoms with Crippen molar-refractivity contribution >= 4 is 5.82 Å². The number of anilines is 1. The monoisotopic (exact) mass is 249 g/mol. The first-order valence-corrected chi connectivity index (χ1v) is 5.78. The second kappa shape index (κ2) is 5.08. The van der Waals surface area contributed by atoms with E-state index in [2.05, 4.69) is 5.10 Å². The Balaban J connectivity index is 2.04. The van der Waals surface area contributed by atoms with Crippen LogP contribution < -0.4 is 10.5 Å². The van der Waals surface area contributed by atoms with E-state index in [4.69, 9.17) is 10.5 Å². The molecule has 0 radical (unpaired) electrons. The van der Waals surface area contributed by atoms with Crippen molar-refractivity contribution in [1.82, 2.24) is 9.78 Å². The first-order chi connectivity index (χ1) is 8.56. The minimum Gasteiger partial charge on any atom is -0.487 e. The van der Waals surface area contributed by atoms with Crippen molar-refractivity contribution in [3.63, 3.8) is 0 Å². The molecule has 0 aliphatic heterocycles. The van der Waals surface area contributed by atoms with Gasteiger partial charge < -0.3 is 10.5 Å². The Kier molecular flexibility index (Phi) is 3.50. The van der Waals surface area contributed by atoms with Crippen LogP contribution in [0.3, 0.4) is 0 Å². The summed E-state index contributed by atoms with van der Waals surface area (Å²) in [5.41, 5.74) is 6.55. The number of rotatable bonds is 4. The molecule has 1 heterocycles. The van der Waals surface area contributed by atoms with E-state index in [0.29, 0.717) is 11.6 Å². The lowest BCUT2D eigenvalue weighted by atomic mass is 10.3. The van der Waals surface area contributed by atoms with Crippen LogP contribution in [0.15, 0.2) is 30.3 Å². The molecule has 1 aromatic heterocycles. The van der Waals surface area contributed by atoms with Gasteiger partial charge in [-0.15, -0.1) is 0 Å². The minimum atomic E-state index is -0.320. The number of aromatic nitrogens is 2. The number of benzene rings is 1. The van der Waals surface area contributed by atoms with Crippen LogP contribution in [-0.2, 0) is 6.61 Å². The number of hydrogen-bond acceptors (Lipinski definition) is 3. The first-order valence-electron chi connectivity index (χ1n) is 5.78. The molecule has 4 nitrogen and oxygen atoms in total. The summed E-state index contributed by atoms with van der Waals surface area (Å²) < 4.78 is 20.1. The van der Waals surface area contributed by atoms with Gasteiger partial charge >= 0.3 is 0 Å². The molecule has 2 rings (SSSR count). The lowest BCUT2D eigenvalue weighted by Gasteiger charge is -2.07. The Labute approximate surface area is 105 Å². The zero-order valence-corrected chi connectivity index (χ0v) is 10.4. The number of nitrogen functional groups attached to an aromatic ring is 1. The summed E-state index contributed by atoms with van der Waals surface area (Å²) in [6.07, 6.45) is 0. The average molecular weight is 249 g/mol. The predicted molar refractivity (Wildman–Crippen MR) is 67.8 cm³/mol. The zero-order valence-electron chi connectivity index (χ0n) is 10.4. The van der Waals surface area contributed by atoms with Crippen molar-refractivity contribution in [3.8, 4) is 5.75 Å². The zero-order chi connectivity index (χ0) is 13.1. The molecule has 0 unspecified atom stereocenters. The van der Waals surface area contributed by atoms with Gasteiger partial charge in [-0.25, -0.2) is 9.07 Å². The number of halogens is 1. The maximum Gasteiger partial charge on any atom is 0.132 e. The van der Waals surface area contributed by atoms with Crippen LogP contribution in [0.2, 0.25) is 0 Å². The van der Waals surface area contributed by atoms with Gasteiger partial charge in [-0.2, -0.15) is 5.10 Å². The van der Waals surface area contributed by atoms with Crippen molar-refractivity contribution in [2.45, 2.75) is 26.5 Å². The molecule has 0 saturated carbocycles. The van der Waals surface area contributed by atoms with Gasteiger partial charge in [-0.05, 0) is 26.0 Å². The Morgan fingerprint density at radius 2 is 2.17 bits per heavy atom. The molecule has 96 valence electrons. The minimum absolute atomic E-state index is 0.202. The summed E-state index contributed by atoms with van der Waals surface area (Å²) >= 11 is 0. The highest BCUT2D eigenvalue weighted by Gasteiger charge is 2.08. The van der Waals surface area contributed by atoms with Crippen molar-refractivity contribution in [2.75, 3.05) is 5.73 Å². The Morgan fingerprint density at radius 1 is 1.39 bits per heavy atom. The van der Waals surface area contributed by atoms with Crippen LogP contribution in [0.1, 0.15) is 25.6 Å². The molecule has 0 saturated heterocycles. The second-order valence-corrected chi connectivity index (χ2v) is 4.34. The standard InChI is InChI=1S/C13H16FN3O/c1-9(2)17-13(15)7-11(16-17)8-18-12-5-3-4-10(14)6-12/h3-7,9H,8,15H2,1-2H3. The topological polar surface area (TPSA) is 53.1 Å². The summed E-state index contributed by atoms with van der Waals surface area (Å²) in [6.45, 7) is 4.27. The molecule has 0 aliphatic rings. The molecule has 2 aromatic rings. The lowest BCUT2D eigenvalue weighted by molar-refractivity contribution is 0.297. The summed E-state index contributed by atoms with van der Waals surface area (Å²) in [7, 11) is 0. The molecule has 0 atom stereocenters. The number of nitrogens with zero attached hydrogens (tertiary/aromatic N) is 2.